The SMILES string of the molecule is Cc1c(F)cc(-c2nc(CC(=O)c3cnc(N4CCN(CCCC(=O)O)CC4)cn3)sc2CN2CCC[C@H]2C)cc1Cl. The number of carbonyl (C=O) groups is 2. The Hall–Kier alpha value is -2.99. The average molecular weight is 615 g/mol. The zero-order valence-corrected chi connectivity index (χ0v) is 25.6. The summed E-state index contributed by atoms with van der Waals surface area (Å²) in [7, 11) is 0. The molecule has 5 rings (SSSR count). The number of anilines is 1. The highest BCUT2D eigenvalue weighted by Crippen LogP contribution is 2.35. The second-order valence-corrected chi connectivity index (χ2v) is 12.7. The van der Waals surface area contributed by atoms with Crippen LogP contribution in [0.3, 0.4) is 0 Å². The van der Waals surface area contributed by atoms with Gasteiger partial charge in [-0.1, -0.05) is 11.6 Å². The van der Waals surface area contributed by atoms with E-state index in [1.54, 1.807) is 19.2 Å². The first-order valence-electron chi connectivity index (χ1n) is 14.4. The fraction of sp³-hybridized carbons (Fsp3) is 0.500. The van der Waals surface area contributed by atoms with Crippen molar-refractivity contribution in [3.8, 4) is 11.3 Å². The van der Waals surface area contributed by atoms with E-state index in [9.17, 15) is 14.0 Å². The van der Waals surface area contributed by atoms with Crippen molar-refractivity contribution < 1.29 is 19.1 Å². The second-order valence-electron chi connectivity index (χ2n) is 11.1. The highest BCUT2D eigenvalue weighted by Gasteiger charge is 2.25. The van der Waals surface area contributed by atoms with Crippen LogP contribution in [0.2, 0.25) is 5.02 Å². The Bertz CT molecular complexity index is 1400. The molecule has 12 heteroatoms. The van der Waals surface area contributed by atoms with Gasteiger partial charge in [-0.2, -0.15) is 0 Å². The van der Waals surface area contributed by atoms with Crippen molar-refractivity contribution in [3.05, 3.63) is 56.5 Å². The zero-order valence-electron chi connectivity index (χ0n) is 24.0. The Kier molecular flexibility index (Phi) is 9.82. The number of carboxylic acid groups (broad SMARTS) is 1. The van der Waals surface area contributed by atoms with Gasteiger partial charge in [0, 0.05) is 66.2 Å². The Balaban J connectivity index is 1.26. The molecule has 0 radical (unpaired) electrons. The Morgan fingerprint density at radius 2 is 1.93 bits per heavy atom. The van der Waals surface area contributed by atoms with Gasteiger partial charge in [-0.25, -0.2) is 19.3 Å². The minimum absolute atomic E-state index is 0.0817. The fourth-order valence-corrected chi connectivity index (χ4v) is 6.84. The van der Waals surface area contributed by atoms with Crippen molar-refractivity contribution in [2.24, 2.45) is 0 Å². The van der Waals surface area contributed by atoms with Crippen molar-refractivity contribution in [2.45, 2.75) is 58.5 Å². The van der Waals surface area contributed by atoms with E-state index in [0.717, 1.165) is 57.0 Å². The summed E-state index contributed by atoms with van der Waals surface area (Å²) >= 11 is 7.81. The van der Waals surface area contributed by atoms with Crippen LogP contribution in [-0.4, -0.2) is 86.9 Å². The van der Waals surface area contributed by atoms with Gasteiger partial charge in [-0.05, 0) is 58.3 Å². The van der Waals surface area contributed by atoms with Gasteiger partial charge in [0.2, 0.25) is 0 Å². The highest BCUT2D eigenvalue weighted by molar-refractivity contribution is 7.12. The molecule has 0 unspecified atom stereocenters. The normalized spacial score (nSPS) is 18.1. The molecule has 0 aliphatic carbocycles. The van der Waals surface area contributed by atoms with Crippen molar-refractivity contribution in [1.82, 2.24) is 24.8 Å². The number of aromatic nitrogens is 3. The van der Waals surface area contributed by atoms with Gasteiger partial charge in [-0.3, -0.25) is 19.4 Å². The number of carboxylic acids is 1. The van der Waals surface area contributed by atoms with Crippen molar-refractivity contribution in [1.29, 1.82) is 0 Å². The number of Topliss-reactive ketones (excluding diaryl/α,β-unsaturated/α-hetero) is 1. The summed E-state index contributed by atoms with van der Waals surface area (Å²) in [6, 6.07) is 3.67. The van der Waals surface area contributed by atoms with Crippen LogP contribution in [0.1, 0.15) is 58.5 Å². The molecule has 0 saturated carbocycles. The summed E-state index contributed by atoms with van der Waals surface area (Å²) in [4.78, 5) is 45.5. The van der Waals surface area contributed by atoms with Crippen molar-refractivity contribution >= 4 is 40.5 Å². The van der Waals surface area contributed by atoms with Crippen LogP contribution < -0.4 is 4.90 Å². The fourth-order valence-electron chi connectivity index (χ4n) is 5.51. The van der Waals surface area contributed by atoms with E-state index in [2.05, 4.69) is 31.6 Å². The molecule has 0 amide bonds. The van der Waals surface area contributed by atoms with Gasteiger partial charge in [0.25, 0.3) is 0 Å². The van der Waals surface area contributed by atoms with Crippen LogP contribution in [0.25, 0.3) is 11.3 Å². The number of carbonyl (C=O) groups excluding carboxylic acids is 1. The van der Waals surface area contributed by atoms with Crippen LogP contribution in [0, 0.1) is 12.7 Å². The molecule has 224 valence electrons. The molecule has 1 aromatic carbocycles. The molecule has 3 aromatic rings. The summed E-state index contributed by atoms with van der Waals surface area (Å²) < 4.78 is 14.6. The second kappa shape index (κ2) is 13.5. The molecule has 42 heavy (non-hydrogen) atoms. The molecule has 2 aliphatic heterocycles. The number of aliphatic carboxylic acids is 1. The maximum atomic E-state index is 14.6. The van der Waals surface area contributed by atoms with E-state index in [1.807, 2.05) is 0 Å². The lowest BCUT2D eigenvalue weighted by molar-refractivity contribution is -0.137. The van der Waals surface area contributed by atoms with Crippen LogP contribution in [-0.2, 0) is 17.8 Å². The number of piperazine rings is 1. The Morgan fingerprint density at radius 3 is 2.57 bits per heavy atom. The number of thiazole rings is 1. The molecule has 9 nitrogen and oxygen atoms in total. The molecule has 1 atom stereocenters. The number of hydrogen-bond donors (Lipinski definition) is 1. The number of rotatable bonds is 11. The van der Waals surface area contributed by atoms with E-state index in [1.165, 1.54) is 23.6 Å². The highest BCUT2D eigenvalue weighted by atomic mass is 35.5. The molecule has 0 bridgehead atoms. The van der Waals surface area contributed by atoms with E-state index >= 15 is 0 Å². The van der Waals surface area contributed by atoms with Crippen LogP contribution >= 0.6 is 22.9 Å². The lowest BCUT2D eigenvalue weighted by Crippen LogP contribution is -2.47. The number of hydrogen-bond acceptors (Lipinski definition) is 9. The maximum Gasteiger partial charge on any atom is 0.303 e. The molecule has 2 aliphatic rings. The number of halogens is 2. The molecule has 0 spiro atoms. The monoisotopic (exact) mass is 614 g/mol. The van der Waals surface area contributed by atoms with Gasteiger partial charge in [0.05, 0.1) is 24.5 Å². The van der Waals surface area contributed by atoms with E-state index in [-0.39, 0.29) is 30.1 Å². The molecule has 2 saturated heterocycles. The van der Waals surface area contributed by atoms with E-state index in [4.69, 9.17) is 21.7 Å². The molecule has 2 aromatic heterocycles. The van der Waals surface area contributed by atoms with Gasteiger partial charge in [0.15, 0.2) is 5.78 Å². The lowest BCUT2D eigenvalue weighted by atomic mass is 10.1. The van der Waals surface area contributed by atoms with E-state index < -0.39 is 5.97 Å². The van der Waals surface area contributed by atoms with Gasteiger partial charge in [-0.15, -0.1) is 11.3 Å². The van der Waals surface area contributed by atoms with Crippen LogP contribution in [0.4, 0.5) is 10.2 Å². The summed E-state index contributed by atoms with van der Waals surface area (Å²) in [6.07, 6.45) is 6.34. The number of ketones is 1. The van der Waals surface area contributed by atoms with Crippen LogP contribution in [0.5, 0.6) is 0 Å². The molecular formula is C30H36ClFN6O3S. The Labute approximate surface area is 254 Å². The number of nitrogens with zero attached hydrogens (tertiary/aromatic N) is 6. The molecule has 2 fully saturated rings. The smallest absolute Gasteiger partial charge is 0.303 e. The molecule has 4 heterocycles. The first kappa shape index (κ1) is 30.5. The predicted molar refractivity (Wildman–Crippen MR) is 162 cm³/mol. The quantitative estimate of drug-likeness (QED) is 0.296. The zero-order chi connectivity index (χ0) is 29.8. The number of likely N-dealkylation sites (tertiary alicyclic amines) is 1. The molecule has 1 N–H and O–H groups in total. The van der Waals surface area contributed by atoms with Crippen molar-refractivity contribution in [3.63, 3.8) is 0 Å². The van der Waals surface area contributed by atoms with E-state index in [0.29, 0.717) is 51.7 Å². The third-order valence-electron chi connectivity index (χ3n) is 8.13. The molecular weight excluding hydrogens is 579 g/mol. The third kappa shape index (κ3) is 7.31. The first-order valence-corrected chi connectivity index (χ1v) is 15.6. The summed E-state index contributed by atoms with van der Waals surface area (Å²) in [6.45, 7) is 9.49. The van der Waals surface area contributed by atoms with Gasteiger partial charge >= 0.3 is 5.97 Å². The number of benzene rings is 1. The predicted octanol–water partition coefficient (Wildman–Crippen LogP) is 5.10. The van der Waals surface area contributed by atoms with Crippen LogP contribution in [0.15, 0.2) is 24.5 Å². The summed E-state index contributed by atoms with van der Waals surface area (Å²) in [5.41, 5.74) is 1.97. The first-order chi connectivity index (χ1) is 20.2. The summed E-state index contributed by atoms with van der Waals surface area (Å²) in [5, 5.41) is 9.84. The third-order valence-corrected chi connectivity index (χ3v) is 9.56. The van der Waals surface area contributed by atoms with Gasteiger partial charge in [0.1, 0.15) is 22.3 Å². The minimum atomic E-state index is -0.766. The largest absolute Gasteiger partial charge is 0.481 e. The Morgan fingerprint density at radius 1 is 1.14 bits per heavy atom. The standard InChI is InChI=1S/C30H36ClFN6O3S/c1-19-5-3-8-38(19)18-26-30(21-13-22(31)20(2)23(32)14-21)35-28(42-26)15-25(39)24-16-34-27(17-33-24)37-11-9-36(10-12-37)7-4-6-29(40)41/h13-14,16-17,19H,3-12,15,18H2,1-2H3,(H,40,41)/t19-/m1/s1. The lowest BCUT2D eigenvalue weighted by Gasteiger charge is -2.35. The minimum Gasteiger partial charge on any atom is -0.481 e. The van der Waals surface area contributed by atoms with Gasteiger partial charge < -0.3 is 10.0 Å². The van der Waals surface area contributed by atoms with Crippen molar-refractivity contribution in [2.75, 3.05) is 44.2 Å². The topological polar surface area (TPSA) is 103 Å². The summed E-state index contributed by atoms with van der Waals surface area (Å²) in [5.74, 6) is -0.600. The average Bonchev–Trinajstić information content (AvgIpc) is 3.57. The maximum absolute atomic E-state index is 14.6.